The van der Waals surface area contributed by atoms with Gasteiger partial charge in [0, 0.05) is 32.1 Å². The van der Waals surface area contributed by atoms with Crippen LogP contribution >= 0.6 is 0 Å². The highest BCUT2D eigenvalue weighted by atomic mass is 16.5. The van der Waals surface area contributed by atoms with Gasteiger partial charge in [0.15, 0.2) is 0 Å². The summed E-state index contributed by atoms with van der Waals surface area (Å²) < 4.78 is 5.44. The second-order valence-electron chi connectivity index (χ2n) is 4.94. The summed E-state index contributed by atoms with van der Waals surface area (Å²) in [7, 11) is 0. The molecular weight excluding hydrogens is 236 g/mol. The third-order valence-corrected chi connectivity index (χ3v) is 3.55. The van der Waals surface area contributed by atoms with Gasteiger partial charge in [-0.2, -0.15) is 0 Å². The molecule has 2 heterocycles. The molecular formula is C12H20N2O4. The number of nitrogens with zero attached hydrogens (tertiary/aromatic N) is 1. The van der Waals surface area contributed by atoms with E-state index in [1.807, 2.05) is 0 Å². The Balaban J connectivity index is 1.90. The molecule has 0 spiro atoms. The van der Waals surface area contributed by atoms with E-state index in [9.17, 15) is 9.59 Å². The van der Waals surface area contributed by atoms with Crippen LogP contribution in [0.3, 0.4) is 0 Å². The van der Waals surface area contributed by atoms with E-state index in [1.54, 1.807) is 0 Å². The Morgan fingerprint density at radius 2 is 2.39 bits per heavy atom. The zero-order chi connectivity index (χ0) is 13.0. The highest BCUT2D eigenvalue weighted by molar-refractivity contribution is 5.76. The molecule has 0 saturated carbocycles. The van der Waals surface area contributed by atoms with Crippen molar-refractivity contribution in [2.24, 2.45) is 0 Å². The monoisotopic (exact) mass is 256 g/mol. The molecule has 2 N–H and O–H groups in total. The minimum atomic E-state index is -0.833. The van der Waals surface area contributed by atoms with Crippen molar-refractivity contribution in [1.82, 2.24) is 10.2 Å². The standard InChI is InChI=1S/C12H20N2O4/c15-11-6-9(2-1-3-13-11)14-4-5-18-10(8-14)7-12(16)17/h9-10H,1-8H2,(H,13,15)(H,16,17). The van der Waals surface area contributed by atoms with E-state index in [-0.39, 0.29) is 24.5 Å². The highest BCUT2D eigenvalue weighted by Crippen LogP contribution is 2.18. The number of rotatable bonds is 3. The Kier molecular flexibility index (Phi) is 4.54. The summed E-state index contributed by atoms with van der Waals surface area (Å²) in [5, 5.41) is 11.7. The molecule has 2 fully saturated rings. The minimum Gasteiger partial charge on any atom is -0.481 e. The van der Waals surface area contributed by atoms with Gasteiger partial charge in [0.05, 0.1) is 19.1 Å². The Hall–Kier alpha value is -1.14. The van der Waals surface area contributed by atoms with E-state index in [2.05, 4.69) is 10.2 Å². The summed E-state index contributed by atoms with van der Waals surface area (Å²) in [6.07, 6.45) is 2.27. The molecule has 102 valence electrons. The first kappa shape index (κ1) is 13.3. The maximum atomic E-state index is 11.5. The van der Waals surface area contributed by atoms with Crippen LogP contribution in [0.2, 0.25) is 0 Å². The number of morpholine rings is 1. The van der Waals surface area contributed by atoms with Gasteiger partial charge in [-0.3, -0.25) is 14.5 Å². The van der Waals surface area contributed by atoms with Crippen molar-refractivity contribution < 1.29 is 19.4 Å². The number of nitrogens with one attached hydrogen (secondary N) is 1. The normalized spacial score (nSPS) is 30.6. The number of aliphatic carboxylic acids is 1. The van der Waals surface area contributed by atoms with Crippen LogP contribution < -0.4 is 5.32 Å². The molecule has 0 aromatic rings. The SMILES string of the molecule is O=C(O)CC1CN(C2CCCNC(=O)C2)CCO1. The van der Waals surface area contributed by atoms with Crippen LogP contribution in [-0.4, -0.2) is 60.3 Å². The maximum Gasteiger partial charge on any atom is 0.306 e. The van der Waals surface area contributed by atoms with Gasteiger partial charge in [-0.25, -0.2) is 0 Å². The average Bonchev–Trinajstić information content (AvgIpc) is 2.53. The lowest BCUT2D eigenvalue weighted by molar-refractivity contribution is -0.143. The summed E-state index contributed by atoms with van der Waals surface area (Å²) >= 11 is 0. The van der Waals surface area contributed by atoms with E-state index in [0.717, 1.165) is 25.9 Å². The van der Waals surface area contributed by atoms with Gasteiger partial charge in [0.2, 0.25) is 5.91 Å². The molecule has 2 saturated heterocycles. The molecule has 2 unspecified atom stereocenters. The first-order valence-corrected chi connectivity index (χ1v) is 6.49. The number of carboxylic acid groups (broad SMARTS) is 1. The zero-order valence-corrected chi connectivity index (χ0v) is 10.4. The molecule has 2 rings (SSSR count). The zero-order valence-electron chi connectivity index (χ0n) is 10.4. The molecule has 0 aliphatic carbocycles. The van der Waals surface area contributed by atoms with E-state index in [1.165, 1.54) is 0 Å². The molecule has 2 atom stereocenters. The Morgan fingerprint density at radius 1 is 1.56 bits per heavy atom. The predicted octanol–water partition coefficient (Wildman–Crippen LogP) is -0.169. The van der Waals surface area contributed by atoms with E-state index >= 15 is 0 Å². The quantitative estimate of drug-likeness (QED) is 0.733. The van der Waals surface area contributed by atoms with Crippen molar-refractivity contribution in [3.63, 3.8) is 0 Å². The summed E-state index contributed by atoms with van der Waals surface area (Å²) in [5.74, 6) is -0.737. The molecule has 2 aliphatic heterocycles. The smallest absolute Gasteiger partial charge is 0.306 e. The first-order valence-electron chi connectivity index (χ1n) is 6.49. The van der Waals surface area contributed by atoms with Gasteiger partial charge in [-0.1, -0.05) is 0 Å². The van der Waals surface area contributed by atoms with Crippen molar-refractivity contribution in [3.8, 4) is 0 Å². The predicted molar refractivity (Wildman–Crippen MR) is 64.2 cm³/mol. The van der Waals surface area contributed by atoms with E-state index in [4.69, 9.17) is 9.84 Å². The number of carboxylic acids is 1. The van der Waals surface area contributed by atoms with Crippen molar-refractivity contribution in [2.45, 2.75) is 37.8 Å². The summed E-state index contributed by atoms with van der Waals surface area (Å²) in [6, 6.07) is 0.229. The molecule has 2 aliphatic rings. The fourth-order valence-corrected chi connectivity index (χ4v) is 2.66. The summed E-state index contributed by atoms with van der Waals surface area (Å²) in [6.45, 7) is 2.70. The Morgan fingerprint density at radius 3 is 3.17 bits per heavy atom. The molecule has 18 heavy (non-hydrogen) atoms. The van der Waals surface area contributed by atoms with Gasteiger partial charge in [0.25, 0.3) is 0 Å². The molecule has 0 aromatic carbocycles. The minimum absolute atomic E-state index is 0.0371. The third kappa shape index (κ3) is 3.68. The van der Waals surface area contributed by atoms with Gasteiger partial charge in [-0.05, 0) is 12.8 Å². The Bertz CT molecular complexity index is 321. The number of hydrogen-bond donors (Lipinski definition) is 2. The lowest BCUT2D eigenvalue weighted by atomic mass is 10.1. The van der Waals surface area contributed by atoms with Crippen LogP contribution in [0.15, 0.2) is 0 Å². The second kappa shape index (κ2) is 6.15. The second-order valence-corrected chi connectivity index (χ2v) is 4.94. The number of carbonyl (C=O) groups excluding carboxylic acids is 1. The van der Waals surface area contributed by atoms with Gasteiger partial charge >= 0.3 is 5.97 Å². The third-order valence-electron chi connectivity index (χ3n) is 3.55. The Labute approximate surface area is 106 Å². The lowest BCUT2D eigenvalue weighted by Crippen LogP contribution is -2.48. The van der Waals surface area contributed by atoms with Crippen LogP contribution in [0, 0.1) is 0 Å². The van der Waals surface area contributed by atoms with Crippen molar-refractivity contribution >= 4 is 11.9 Å². The van der Waals surface area contributed by atoms with Crippen LogP contribution in [0.5, 0.6) is 0 Å². The first-order chi connectivity index (χ1) is 8.65. The topological polar surface area (TPSA) is 78.9 Å². The fraction of sp³-hybridized carbons (Fsp3) is 0.833. The largest absolute Gasteiger partial charge is 0.481 e. The lowest BCUT2D eigenvalue weighted by Gasteiger charge is -2.37. The highest BCUT2D eigenvalue weighted by Gasteiger charge is 2.29. The van der Waals surface area contributed by atoms with Crippen molar-refractivity contribution in [1.29, 1.82) is 0 Å². The molecule has 0 aromatic heterocycles. The van der Waals surface area contributed by atoms with Crippen LogP contribution in [0.25, 0.3) is 0 Å². The number of hydrogen-bond acceptors (Lipinski definition) is 4. The molecule has 0 radical (unpaired) electrons. The van der Waals surface area contributed by atoms with Crippen LogP contribution in [-0.2, 0) is 14.3 Å². The van der Waals surface area contributed by atoms with E-state index in [0.29, 0.717) is 19.6 Å². The molecule has 6 nitrogen and oxygen atoms in total. The number of carbonyl (C=O) groups is 2. The van der Waals surface area contributed by atoms with Gasteiger partial charge in [-0.15, -0.1) is 0 Å². The molecule has 1 amide bonds. The number of amides is 1. The van der Waals surface area contributed by atoms with Gasteiger partial charge < -0.3 is 15.2 Å². The summed E-state index contributed by atoms with van der Waals surface area (Å²) in [4.78, 5) is 24.4. The maximum absolute atomic E-state index is 11.5. The number of ether oxygens (including phenoxy) is 1. The van der Waals surface area contributed by atoms with Crippen molar-refractivity contribution in [2.75, 3.05) is 26.2 Å². The average molecular weight is 256 g/mol. The van der Waals surface area contributed by atoms with Crippen molar-refractivity contribution in [3.05, 3.63) is 0 Å². The molecule has 6 heteroatoms. The van der Waals surface area contributed by atoms with Crippen LogP contribution in [0.4, 0.5) is 0 Å². The fourth-order valence-electron chi connectivity index (χ4n) is 2.66. The summed E-state index contributed by atoms with van der Waals surface area (Å²) in [5.41, 5.74) is 0. The molecule has 0 bridgehead atoms. The van der Waals surface area contributed by atoms with E-state index < -0.39 is 5.97 Å². The van der Waals surface area contributed by atoms with Crippen LogP contribution in [0.1, 0.15) is 25.7 Å². The van der Waals surface area contributed by atoms with Gasteiger partial charge in [0.1, 0.15) is 0 Å².